The molecule has 2 aliphatic rings. The average Bonchev–Trinajstić information content (AvgIpc) is 2.88. The molecule has 3 nitrogen and oxygen atoms in total. The molecule has 126 valence electrons. The Bertz CT molecular complexity index is 454. The molecule has 2 rings (SSSR count). The van der Waals surface area contributed by atoms with Crippen molar-refractivity contribution in [2.24, 2.45) is 0 Å². The molecule has 0 saturated heterocycles. The predicted molar refractivity (Wildman–Crippen MR) is 99.8 cm³/mol. The summed E-state index contributed by atoms with van der Waals surface area (Å²) in [6, 6.07) is 0. The van der Waals surface area contributed by atoms with Crippen LogP contribution in [-0.2, 0) is 0 Å². The Morgan fingerprint density at radius 1 is 1.41 bits per heavy atom. The molecule has 1 aliphatic carbocycles. The van der Waals surface area contributed by atoms with Crippen LogP contribution >= 0.6 is 22.7 Å². The molecule has 1 aliphatic heterocycles. The molecule has 1 N–H and O–H groups in total. The van der Waals surface area contributed by atoms with Gasteiger partial charge in [-0.15, -0.1) is 11.8 Å². The summed E-state index contributed by atoms with van der Waals surface area (Å²) in [7, 11) is -0.457. The number of rotatable bonds is 6. The summed E-state index contributed by atoms with van der Waals surface area (Å²) in [5.74, 6) is 0. The first kappa shape index (κ1) is 17.8. The van der Waals surface area contributed by atoms with Gasteiger partial charge in [0.05, 0.1) is 5.03 Å². The lowest BCUT2D eigenvalue weighted by molar-refractivity contribution is 0.161. The highest BCUT2D eigenvalue weighted by atomic mass is 32.2. The molecule has 0 radical (unpaired) electrons. The van der Waals surface area contributed by atoms with Gasteiger partial charge in [-0.05, 0) is 36.0 Å². The normalized spacial score (nSPS) is 24.3. The second-order valence-electron chi connectivity index (χ2n) is 6.33. The Morgan fingerprint density at radius 3 is 2.64 bits per heavy atom. The smallest absolute Gasteiger partial charge is 0.412 e. The van der Waals surface area contributed by atoms with Crippen molar-refractivity contribution in [1.82, 2.24) is 4.90 Å². The van der Waals surface area contributed by atoms with Gasteiger partial charge in [0.15, 0.2) is 0 Å². The minimum Gasteiger partial charge on any atom is -0.465 e. The number of carboxylic acid groups (broad SMARTS) is 1. The molecular formula is C17H29NO2S2. The second-order valence-corrected chi connectivity index (χ2v) is 10.2. The van der Waals surface area contributed by atoms with E-state index in [4.69, 9.17) is 0 Å². The van der Waals surface area contributed by atoms with E-state index in [-0.39, 0.29) is 0 Å². The molecule has 1 atom stereocenters. The van der Waals surface area contributed by atoms with Gasteiger partial charge in [-0.25, -0.2) is 4.79 Å². The molecule has 5 heteroatoms. The van der Waals surface area contributed by atoms with E-state index >= 15 is 0 Å². The number of allylic oxidation sites excluding steroid dienone is 1. The van der Waals surface area contributed by atoms with Crippen molar-refractivity contribution < 1.29 is 9.90 Å². The number of hydrogen-bond acceptors (Lipinski definition) is 2. The third-order valence-corrected chi connectivity index (χ3v) is 8.01. The summed E-state index contributed by atoms with van der Waals surface area (Å²) in [5.41, 5.74) is 0. The van der Waals surface area contributed by atoms with Gasteiger partial charge >= 0.3 is 6.09 Å². The first-order valence-corrected chi connectivity index (χ1v) is 10.8. The van der Waals surface area contributed by atoms with Crippen molar-refractivity contribution in [2.45, 2.75) is 69.8 Å². The van der Waals surface area contributed by atoms with Crippen LogP contribution in [0.5, 0.6) is 0 Å². The van der Waals surface area contributed by atoms with Gasteiger partial charge < -0.3 is 5.11 Å². The minimum atomic E-state index is -0.791. The Hall–Kier alpha value is -0.550. The quantitative estimate of drug-likeness (QED) is 0.621. The Kier molecular flexibility index (Phi) is 6.75. The molecule has 22 heavy (non-hydrogen) atoms. The largest absolute Gasteiger partial charge is 0.465 e. The van der Waals surface area contributed by atoms with Gasteiger partial charge in [-0.3, -0.25) is 4.90 Å². The summed E-state index contributed by atoms with van der Waals surface area (Å²) < 4.78 is 0. The lowest BCUT2D eigenvalue weighted by atomic mass is 10.0. The van der Waals surface area contributed by atoms with Crippen molar-refractivity contribution in [1.29, 1.82) is 0 Å². The standard InChI is InChI=1S/C17H29NO2S2/c1-4-10-18(17(19)20)16-11-14(21-13(2)3)12-22(16)15-8-6-5-7-9-15/h11-13,15,22H,4-10H2,1-3H3,(H,19,20). The fraction of sp³-hybridized carbons (Fsp3) is 0.706. The third kappa shape index (κ3) is 4.48. The summed E-state index contributed by atoms with van der Waals surface area (Å²) in [5, 5.41) is 14.3. The van der Waals surface area contributed by atoms with Crippen LogP contribution in [0.4, 0.5) is 4.79 Å². The van der Waals surface area contributed by atoms with Gasteiger partial charge in [-0.2, -0.15) is 10.9 Å². The van der Waals surface area contributed by atoms with E-state index in [1.807, 2.05) is 18.7 Å². The molecule has 0 aromatic heterocycles. The molecule has 0 bridgehead atoms. The van der Waals surface area contributed by atoms with E-state index < -0.39 is 17.0 Å². The van der Waals surface area contributed by atoms with Gasteiger partial charge in [0.2, 0.25) is 0 Å². The number of thioether (sulfide) groups is 1. The molecule has 1 unspecified atom stereocenters. The van der Waals surface area contributed by atoms with Crippen LogP contribution in [0.3, 0.4) is 0 Å². The Labute approximate surface area is 141 Å². The van der Waals surface area contributed by atoms with Crippen molar-refractivity contribution >= 4 is 28.8 Å². The molecule has 0 aromatic carbocycles. The zero-order valence-corrected chi connectivity index (χ0v) is 15.6. The number of carbonyl (C=O) groups is 1. The van der Waals surface area contributed by atoms with Gasteiger partial charge in [0, 0.05) is 16.7 Å². The van der Waals surface area contributed by atoms with Crippen molar-refractivity contribution in [3.05, 3.63) is 21.4 Å². The first-order chi connectivity index (χ1) is 10.5. The van der Waals surface area contributed by atoms with Crippen molar-refractivity contribution in [3.63, 3.8) is 0 Å². The first-order valence-electron chi connectivity index (χ1n) is 8.42. The lowest BCUT2D eigenvalue weighted by Crippen LogP contribution is -2.30. The molecule has 1 heterocycles. The van der Waals surface area contributed by atoms with Crippen LogP contribution in [0.2, 0.25) is 0 Å². The molecule has 0 aromatic rings. The maximum atomic E-state index is 11.7. The number of thiol groups is 1. The van der Waals surface area contributed by atoms with E-state index in [1.54, 1.807) is 4.90 Å². The van der Waals surface area contributed by atoms with Gasteiger partial charge in [-0.1, -0.05) is 40.0 Å². The van der Waals surface area contributed by atoms with E-state index in [2.05, 4.69) is 25.3 Å². The predicted octanol–water partition coefficient (Wildman–Crippen LogP) is 5.55. The Morgan fingerprint density at radius 2 is 2.09 bits per heavy atom. The number of amides is 1. The van der Waals surface area contributed by atoms with Gasteiger partial charge in [0.1, 0.15) is 0 Å². The number of nitrogens with zero attached hydrogens (tertiary/aromatic N) is 1. The highest BCUT2D eigenvalue weighted by Gasteiger charge is 2.31. The van der Waals surface area contributed by atoms with Crippen LogP contribution in [-0.4, -0.2) is 33.1 Å². The molecular weight excluding hydrogens is 314 g/mol. The SMILES string of the molecule is CCCN(C(=O)O)C1=CC(SC(C)C)=C[SH]1C1CCCCC1. The van der Waals surface area contributed by atoms with Crippen molar-refractivity contribution in [3.8, 4) is 0 Å². The van der Waals surface area contributed by atoms with E-state index in [0.29, 0.717) is 17.0 Å². The molecule has 0 spiro atoms. The van der Waals surface area contributed by atoms with Crippen LogP contribution < -0.4 is 0 Å². The Balaban J connectivity index is 2.23. The topological polar surface area (TPSA) is 40.5 Å². The van der Waals surface area contributed by atoms with Gasteiger partial charge in [0.25, 0.3) is 0 Å². The highest BCUT2D eigenvalue weighted by Crippen LogP contribution is 2.55. The van der Waals surface area contributed by atoms with Crippen LogP contribution in [0.1, 0.15) is 59.3 Å². The highest BCUT2D eigenvalue weighted by molar-refractivity contribution is 8.24. The van der Waals surface area contributed by atoms with Crippen LogP contribution in [0, 0.1) is 0 Å². The zero-order valence-electron chi connectivity index (χ0n) is 13.9. The molecule has 1 amide bonds. The zero-order chi connectivity index (χ0) is 16.1. The maximum absolute atomic E-state index is 11.7. The van der Waals surface area contributed by atoms with Crippen LogP contribution in [0.25, 0.3) is 0 Å². The summed E-state index contributed by atoms with van der Waals surface area (Å²) in [6.45, 7) is 7.05. The third-order valence-electron chi connectivity index (χ3n) is 4.10. The number of hydrogen-bond donors (Lipinski definition) is 2. The minimum absolute atomic E-state index is 0.457. The fourth-order valence-corrected chi connectivity index (χ4v) is 7.31. The maximum Gasteiger partial charge on any atom is 0.412 e. The van der Waals surface area contributed by atoms with E-state index in [1.165, 1.54) is 37.0 Å². The summed E-state index contributed by atoms with van der Waals surface area (Å²) >= 11 is 1.86. The molecule has 1 saturated carbocycles. The monoisotopic (exact) mass is 343 g/mol. The van der Waals surface area contributed by atoms with Crippen molar-refractivity contribution in [2.75, 3.05) is 6.54 Å². The lowest BCUT2D eigenvalue weighted by Gasteiger charge is -2.35. The summed E-state index contributed by atoms with van der Waals surface area (Å²) in [6.07, 6.45) is 8.71. The molecule has 1 fully saturated rings. The fourth-order valence-electron chi connectivity index (χ4n) is 3.18. The second kappa shape index (κ2) is 8.34. The summed E-state index contributed by atoms with van der Waals surface area (Å²) in [4.78, 5) is 14.6. The van der Waals surface area contributed by atoms with E-state index in [0.717, 1.165) is 11.4 Å². The van der Waals surface area contributed by atoms with Crippen LogP contribution in [0.15, 0.2) is 21.4 Å². The average molecular weight is 344 g/mol. The van der Waals surface area contributed by atoms with E-state index in [9.17, 15) is 9.90 Å².